The molecule has 0 atom stereocenters. The van der Waals surface area contributed by atoms with Crippen LogP contribution >= 0.6 is 11.6 Å². The predicted octanol–water partition coefficient (Wildman–Crippen LogP) is 2.41. The molecule has 0 bridgehead atoms. The molecule has 0 aliphatic rings. The van der Waals surface area contributed by atoms with Gasteiger partial charge in [0.15, 0.2) is 0 Å². The van der Waals surface area contributed by atoms with Crippen LogP contribution in [0.2, 0.25) is 5.02 Å². The van der Waals surface area contributed by atoms with Gasteiger partial charge >= 0.3 is 0 Å². The summed E-state index contributed by atoms with van der Waals surface area (Å²) in [6.07, 6.45) is 1.75. The lowest BCUT2D eigenvalue weighted by Gasteiger charge is -2.06. The van der Waals surface area contributed by atoms with Crippen LogP contribution in [0.15, 0.2) is 53.6 Å². The molecule has 0 saturated carbocycles. The third-order valence-electron chi connectivity index (χ3n) is 3.90. The Morgan fingerprint density at radius 1 is 1.20 bits per heavy atom. The summed E-state index contributed by atoms with van der Waals surface area (Å²) in [5.41, 5.74) is 2.19. The number of hydrogen-bond donors (Lipinski definition) is 2. The number of primary sulfonamides is 1. The van der Waals surface area contributed by atoms with Crippen molar-refractivity contribution in [2.75, 3.05) is 0 Å². The summed E-state index contributed by atoms with van der Waals surface area (Å²) in [5, 5.41) is 9.31. The minimum absolute atomic E-state index is 0.0357. The SMILES string of the molecule is Cn1cc(C(=O)NCc2ccc(S(N)(=O)=O)cc2)c2ccc(Cl)cc21. The Labute approximate surface area is 150 Å². The molecule has 1 aromatic heterocycles. The topological polar surface area (TPSA) is 94.2 Å². The lowest BCUT2D eigenvalue weighted by molar-refractivity contribution is 0.0952. The Balaban J connectivity index is 1.77. The molecule has 8 heteroatoms. The van der Waals surface area contributed by atoms with Gasteiger partial charge in [-0.05, 0) is 29.8 Å². The summed E-state index contributed by atoms with van der Waals surface area (Å²) in [4.78, 5) is 12.5. The van der Waals surface area contributed by atoms with E-state index in [0.717, 1.165) is 16.5 Å². The number of carbonyl (C=O) groups excluding carboxylic acids is 1. The van der Waals surface area contributed by atoms with Crippen molar-refractivity contribution in [3.05, 3.63) is 64.8 Å². The molecule has 3 N–H and O–H groups in total. The first-order chi connectivity index (χ1) is 11.8. The molecule has 3 rings (SSSR count). The summed E-state index contributed by atoms with van der Waals surface area (Å²) in [6.45, 7) is 0.272. The number of fused-ring (bicyclic) bond motifs is 1. The molecule has 0 unspecified atom stereocenters. The van der Waals surface area contributed by atoms with Crippen LogP contribution in [0.5, 0.6) is 0 Å². The number of nitrogens with two attached hydrogens (primary N) is 1. The zero-order chi connectivity index (χ0) is 18.2. The third kappa shape index (κ3) is 3.68. The fourth-order valence-corrected chi connectivity index (χ4v) is 3.29. The summed E-state index contributed by atoms with van der Waals surface area (Å²) < 4.78 is 24.3. The number of nitrogens with zero attached hydrogens (tertiary/aromatic N) is 1. The molecular formula is C17H16ClN3O3S. The van der Waals surface area contributed by atoms with Crippen LogP contribution in [-0.2, 0) is 23.6 Å². The van der Waals surface area contributed by atoms with Gasteiger partial charge in [-0.25, -0.2) is 13.6 Å². The summed E-state index contributed by atoms with van der Waals surface area (Å²) in [5.74, 6) is -0.219. The summed E-state index contributed by atoms with van der Waals surface area (Å²) >= 11 is 6.00. The highest BCUT2D eigenvalue weighted by Crippen LogP contribution is 2.24. The Morgan fingerprint density at radius 2 is 1.88 bits per heavy atom. The van der Waals surface area contributed by atoms with E-state index >= 15 is 0 Å². The number of amides is 1. The number of halogens is 1. The molecule has 1 heterocycles. The maximum atomic E-state index is 12.5. The highest BCUT2D eigenvalue weighted by atomic mass is 35.5. The number of carbonyl (C=O) groups is 1. The quantitative estimate of drug-likeness (QED) is 0.731. The van der Waals surface area contributed by atoms with E-state index in [2.05, 4.69) is 5.32 Å². The van der Waals surface area contributed by atoms with Gasteiger partial charge in [-0.2, -0.15) is 0 Å². The first-order valence-electron chi connectivity index (χ1n) is 7.40. The van der Waals surface area contributed by atoms with E-state index in [-0.39, 0.29) is 17.3 Å². The molecule has 3 aromatic rings. The van der Waals surface area contributed by atoms with Gasteiger partial charge in [0.05, 0.1) is 16.0 Å². The van der Waals surface area contributed by atoms with Crippen LogP contribution in [0, 0.1) is 0 Å². The molecular weight excluding hydrogens is 362 g/mol. The van der Waals surface area contributed by atoms with Crippen molar-refractivity contribution in [1.82, 2.24) is 9.88 Å². The first-order valence-corrected chi connectivity index (χ1v) is 9.32. The van der Waals surface area contributed by atoms with Crippen LogP contribution in [0.25, 0.3) is 10.9 Å². The third-order valence-corrected chi connectivity index (χ3v) is 5.07. The van der Waals surface area contributed by atoms with Gasteiger partial charge < -0.3 is 9.88 Å². The smallest absolute Gasteiger partial charge is 0.253 e. The monoisotopic (exact) mass is 377 g/mol. The highest BCUT2D eigenvalue weighted by molar-refractivity contribution is 7.89. The molecule has 0 aliphatic heterocycles. The van der Waals surface area contributed by atoms with Crippen molar-refractivity contribution in [3.63, 3.8) is 0 Å². The number of benzene rings is 2. The van der Waals surface area contributed by atoms with Crippen LogP contribution in [0.3, 0.4) is 0 Å². The minimum Gasteiger partial charge on any atom is -0.350 e. The number of aromatic nitrogens is 1. The van der Waals surface area contributed by atoms with E-state index < -0.39 is 10.0 Å². The lowest BCUT2D eigenvalue weighted by atomic mass is 10.1. The van der Waals surface area contributed by atoms with Gasteiger partial charge in [0, 0.05) is 30.2 Å². The summed E-state index contributed by atoms with van der Waals surface area (Å²) in [6, 6.07) is 11.4. The molecule has 0 fully saturated rings. The van der Waals surface area contributed by atoms with E-state index in [4.69, 9.17) is 16.7 Å². The standard InChI is InChI=1S/C17H16ClN3O3S/c1-21-10-15(14-7-4-12(18)8-16(14)21)17(22)20-9-11-2-5-13(6-3-11)25(19,23)24/h2-8,10H,9H2,1H3,(H,20,22)(H2,19,23,24). The second kappa shape index (κ2) is 6.51. The minimum atomic E-state index is -3.72. The number of nitrogens with one attached hydrogen (secondary N) is 1. The van der Waals surface area contributed by atoms with Crippen molar-refractivity contribution < 1.29 is 13.2 Å². The van der Waals surface area contributed by atoms with Gasteiger partial charge in [-0.1, -0.05) is 29.8 Å². The zero-order valence-corrected chi connectivity index (χ0v) is 14.9. The largest absolute Gasteiger partial charge is 0.350 e. The fourth-order valence-electron chi connectivity index (χ4n) is 2.61. The van der Waals surface area contributed by atoms with Gasteiger partial charge in [-0.3, -0.25) is 4.79 Å². The van der Waals surface area contributed by atoms with E-state index in [1.807, 2.05) is 17.7 Å². The van der Waals surface area contributed by atoms with E-state index in [1.165, 1.54) is 12.1 Å². The van der Waals surface area contributed by atoms with Crippen LogP contribution in [0.1, 0.15) is 15.9 Å². The second-order valence-electron chi connectivity index (χ2n) is 5.69. The average molecular weight is 378 g/mol. The highest BCUT2D eigenvalue weighted by Gasteiger charge is 2.14. The van der Waals surface area contributed by atoms with Crippen molar-refractivity contribution >= 4 is 38.4 Å². The summed E-state index contributed by atoms with van der Waals surface area (Å²) in [7, 11) is -1.87. The van der Waals surface area contributed by atoms with Crippen molar-refractivity contribution in [2.24, 2.45) is 12.2 Å². The van der Waals surface area contributed by atoms with Crippen LogP contribution < -0.4 is 10.5 Å². The molecule has 0 saturated heterocycles. The molecule has 0 aliphatic carbocycles. The molecule has 2 aromatic carbocycles. The van der Waals surface area contributed by atoms with Crippen molar-refractivity contribution in [1.29, 1.82) is 0 Å². The Kier molecular flexibility index (Phi) is 4.55. The van der Waals surface area contributed by atoms with Crippen molar-refractivity contribution in [2.45, 2.75) is 11.4 Å². The average Bonchev–Trinajstić information content (AvgIpc) is 2.89. The fraction of sp³-hybridized carbons (Fsp3) is 0.118. The Bertz CT molecular complexity index is 1060. The molecule has 130 valence electrons. The number of hydrogen-bond acceptors (Lipinski definition) is 3. The van der Waals surface area contributed by atoms with E-state index in [0.29, 0.717) is 10.6 Å². The molecule has 0 spiro atoms. The Morgan fingerprint density at radius 3 is 2.52 bits per heavy atom. The van der Waals surface area contributed by atoms with E-state index in [1.54, 1.807) is 30.5 Å². The van der Waals surface area contributed by atoms with Gasteiger partial charge in [0.2, 0.25) is 10.0 Å². The first kappa shape index (κ1) is 17.5. The lowest BCUT2D eigenvalue weighted by Crippen LogP contribution is -2.22. The molecule has 6 nitrogen and oxygen atoms in total. The molecule has 25 heavy (non-hydrogen) atoms. The molecule has 0 radical (unpaired) electrons. The van der Waals surface area contributed by atoms with Crippen LogP contribution in [0.4, 0.5) is 0 Å². The second-order valence-corrected chi connectivity index (χ2v) is 7.68. The predicted molar refractivity (Wildman–Crippen MR) is 96.9 cm³/mol. The maximum absolute atomic E-state index is 12.5. The molecule has 1 amide bonds. The number of aryl methyl sites for hydroxylation is 1. The zero-order valence-electron chi connectivity index (χ0n) is 13.4. The van der Waals surface area contributed by atoms with Gasteiger partial charge in [0.1, 0.15) is 0 Å². The van der Waals surface area contributed by atoms with E-state index in [9.17, 15) is 13.2 Å². The van der Waals surface area contributed by atoms with Gasteiger partial charge in [0.25, 0.3) is 5.91 Å². The Hall–Kier alpha value is -2.35. The maximum Gasteiger partial charge on any atom is 0.253 e. The van der Waals surface area contributed by atoms with Gasteiger partial charge in [-0.15, -0.1) is 0 Å². The van der Waals surface area contributed by atoms with Crippen molar-refractivity contribution in [3.8, 4) is 0 Å². The number of rotatable bonds is 4. The number of sulfonamides is 1. The van der Waals surface area contributed by atoms with Crippen LogP contribution in [-0.4, -0.2) is 18.9 Å². The normalized spacial score (nSPS) is 11.6.